The Labute approximate surface area is 79.8 Å². The van der Waals surface area contributed by atoms with Crippen molar-refractivity contribution in [3.63, 3.8) is 0 Å². The lowest BCUT2D eigenvalue weighted by atomic mass is 10.1. The Balaban J connectivity index is 2.39. The molecule has 4 nitrogen and oxygen atoms in total. The third kappa shape index (κ3) is 1.50. The first-order valence-corrected chi connectivity index (χ1v) is 4.01. The monoisotopic (exact) mass is 188 g/mol. The number of carboxylic acids is 1. The van der Waals surface area contributed by atoms with Gasteiger partial charge in [-0.3, -0.25) is 0 Å². The molecule has 2 rings (SSSR count). The summed E-state index contributed by atoms with van der Waals surface area (Å²) in [7, 11) is 0. The van der Waals surface area contributed by atoms with Crippen LogP contribution in [0.5, 0.6) is 0 Å². The summed E-state index contributed by atoms with van der Waals surface area (Å²) in [4.78, 5) is 10.4. The van der Waals surface area contributed by atoms with E-state index >= 15 is 0 Å². The number of hydrogen-bond donors (Lipinski definition) is 0. The van der Waals surface area contributed by atoms with E-state index in [1.807, 2.05) is 30.3 Å². The van der Waals surface area contributed by atoms with Crippen molar-refractivity contribution in [1.82, 2.24) is 5.16 Å². The molecule has 0 N–H and O–H groups in total. The summed E-state index contributed by atoms with van der Waals surface area (Å²) in [5.74, 6) is -1.62. The molecule has 0 amide bonds. The third-order valence-electron chi connectivity index (χ3n) is 1.78. The fraction of sp³-hybridized carbons (Fsp3) is 0. The largest absolute Gasteiger partial charge is 0.541 e. The molecule has 0 fully saturated rings. The first-order valence-electron chi connectivity index (χ1n) is 4.01. The Kier molecular flexibility index (Phi) is 2.02. The van der Waals surface area contributed by atoms with Gasteiger partial charge in [-0.25, -0.2) is 0 Å². The summed E-state index contributed by atoms with van der Waals surface area (Å²) >= 11 is 0. The van der Waals surface area contributed by atoms with Crippen LogP contribution in [0, 0.1) is 0 Å². The van der Waals surface area contributed by atoms with Crippen LogP contribution in [0.4, 0.5) is 0 Å². The van der Waals surface area contributed by atoms with Crippen LogP contribution >= 0.6 is 0 Å². The van der Waals surface area contributed by atoms with Gasteiger partial charge in [-0.15, -0.1) is 0 Å². The number of carbonyl (C=O) groups excluding carboxylic acids is 1. The first-order chi connectivity index (χ1) is 6.77. The van der Waals surface area contributed by atoms with E-state index in [1.54, 1.807) is 0 Å². The van der Waals surface area contributed by atoms with Crippen molar-refractivity contribution in [3.05, 3.63) is 42.2 Å². The second-order valence-corrected chi connectivity index (χ2v) is 2.73. The maximum Gasteiger partial charge on any atom is 0.182 e. The van der Waals surface area contributed by atoms with Crippen LogP contribution in [-0.4, -0.2) is 11.1 Å². The fourth-order valence-electron chi connectivity index (χ4n) is 1.12. The molecule has 0 atom stereocenters. The zero-order chi connectivity index (χ0) is 9.97. The summed E-state index contributed by atoms with van der Waals surface area (Å²) in [5, 5.41) is 14.0. The Hall–Kier alpha value is -2.10. The summed E-state index contributed by atoms with van der Waals surface area (Å²) in [6, 6.07) is 10.5. The SMILES string of the molecule is O=C([O-])c1cc(-c2ccccc2)no1. The van der Waals surface area contributed by atoms with E-state index in [-0.39, 0.29) is 5.76 Å². The van der Waals surface area contributed by atoms with Crippen LogP contribution in [0.15, 0.2) is 40.9 Å². The molecule has 0 aliphatic heterocycles. The van der Waals surface area contributed by atoms with Gasteiger partial charge in [0.15, 0.2) is 5.76 Å². The second-order valence-electron chi connectivity index (χ2n) is 2.73. The van der Waals surface area contributed by atoms with Gasteiger partial charge in [0, 0.05) is 11.6 Å². The average Bonchev–Trinajstić information content (AvgIpc) is 2.68. The maximum atomic E-state index is 10.4. The van der Waals surface area contributed by atoms with Crippen molar-refractivity contribution in [1.29, 1.82) is 0 Å². The molecule has 0 unspecified atom stereocenters. The maximum absolute atomic E-state index is 10.4. The number of aromatic nitrogens is 1. The summed E-state index contributed by atoms with van der Waals surface area (Å²) in [6.45, 7) is 0. The normalized spacial score (nSPS) is 10.0. The predicted molar refractivity (Wildman–Crippen MR) is 46.3 cm³/mol. The zero-order valence-corrected chi connectivity index (χ0v) is 7.14. The second kappa shape index (κ2) is 3.33. The molecule has 0 bridgehead atoms. The van der Waals surface area contributed by atoms with Crippen LogP contribution in [-0.2, 0) is 0 Å². The minimum atomic E-state index is -1.36. The molecule has 14 heavy (non-hydrogen) atoms. The molecule has 2 aromatic rings. The molecule has 1 aromatic heterocycles. The lowest BCUT2D eigenvalue weighted by Gasteiger charge is -1.92. The molecule has 0 saturated carbocycles. The number of hydrogen-bond acceptors (Lipinski definition) is 4. The van der Waals surface area contributed by atoms with Gasteiger partial charge in [-0.1, -0.05) is 35.5 Å². The highest BCUT2D eigenvalue weighted by molar-refractivity contribution is 5.83. The van der Waals surface area contributed by atoms with Crippen molar-refractivity contribution < 1.29 is 14.4 Å². The van der Waals surface area contributed by atoms with Gasteiger partial charge in [0.05, 0.1) is 0 Å². The van der Waals surface area contributed by atoms with Crippen LogP contribution < -0.4 is 5.11 Å². The minimum Gasteiger partial charge on any atom is -0.541 e. The van der Waals surface area contributed by atoms with E-state index < -0.39 is 5.97 Å². The molecule has 0 aliphatic carbocycles. The third-order valence-corrected chi connectivity index (χ3v) is 1.78. The number of aromatic carboxylic acids is 1. The lowest BCUT2D eigenvalue weighted by molar-refractivity contribution is -0.257. The Morgan fingerprint density at radius 1 is 1.29 bits per heavy atom. The van der Waals surface area contributed by atoms with Gasteiger partial charge in [-0.2, -0.15) is 0 Å². The molecule has 0 aliphatic rings. The summed E-state index contributed by atoms with van der Waals surface area (Å²) < 4.78 is 4.57. The van der Waals surface area contributed by atoms with Gasteiger partial charge < -0.3 is 14.4 Å². The number of carbonyl (C=O) groups is 1. The molecular weight excluding hydrogens is 182 g/mol. The molecule has 4 heteroatoms. The van der Waals surface area contributed by atoms with E-state index in [9.17, 15) is 9.90 Å². The summed E-state index contributed by atoms with van der Waals surface area (Å²) in [5.41, 5.74) is 1.30. The number of carboxylic acid groups (broad SMARTS) is 1. The highest BCUT2D eigenvalue weighted by Crippen LogP contribution is 2.17. The molecule has 0 spiro atoms. The van der Waals surface area contributed by atoms with E-state index in [0.717, 1.165) is 5.56 Å². The van der Waals surface area contributed by atoms with Crippen LogP contribution in [0.1, 0.15) is 10.6 Å². The topological polar surface area (TPSA) is 66.2 Å². The number of benzene rings is 1. The lowest BCUT2D eigenvalue weighted by Crippen LogP contribution is -2.21. The predicted octanol–water partition coefficient (Wildman–Crippen LogP) is 0.705. The highest BCUT2D eigenvalue weighted by atomic mass is 16.5. The van der Waals surface area contributed by atoms with Crippen molar-refractivity contribution in [2.75, 3.05) is 0 Å². The highest BCUT2D eigenvalue weighted by Gasteiger charge is 2.05. The van der Waals surface area contributed by atoms with E-state index in [4.69, 9.17) is 0 Å². The molecule has 1 aromatic carbocycles. The average molecular weight is 188 g/mol. The number of rotatable bonds is 2. The van der Waals surface area contributed by atoms with Gasteiger partial charge in [0.2, 0.25) is 0 Å². The standard InChI is InChI=1S/C10H7NO3/c12-10(13)9-6-8(11-14-9)7-4-2-1-3-5-7/h1-6H,(H,12,13)/p-1. The van der Waals surface area contributed by atoms with Crippen molar-refractivity contribution in [3.8, 4) is 11.3 Å². The van der Waals surface area contributed by atoms with Crippen molar-refractivity contribution in [2.45, 2.75) is 0 Å². The number of nitrogens with zero attached hydrogens (tertiary/aromatic N) is 1. The van der Waals surface area contributed by atoms with Crippen molar-refractivity contribution >= 4 is 5.97 Å². The fourth-order valence-corrected chi connectivity index (χ4v) is 1.12. The van der Waals surface area contributed by atoms with Gasteiger partial charge in [0.25, 0.3) is 0 Å². The molecule has 70 valence electrons. The first kappa shape index (κ1) is 8.50. The minimum absolute atomic E-state index is 0.260. The van der Waals surface area contributed by atoms with E-state index in [1.165, 1.54) is 6.07 Å². The van der Waals surface area contributed by atoms with Crippen molar-refractivity contribution in [2.24, 2.45) is 0 Å². The molecule has 1 heterocycles. The summed E-state index contributed by atoms with van der Waals surface area (Å²) in [6.07, 6.45) is 0. The van der Waals surface area contributed by atoms with Gasteiger partial charge in [-0.05, 0) is 0 Å². The molecular formula is C10H6NO3-. The van der Waals surface area contributed by atoms with Gasteiger partial charge in [0.1, 0.15) is 11.7 Å². The van der Waals surface area contributed by atoms with E-state index in [0.29, 0.717) is 5.69 Å². The molecule has 0 saturated heterocycles. The van der Waals surface area contributed by atoms with Gasteiger partial charge >= 0.3 is 0 Å². The Bertz CT molecular complexity index is 447. The van der Waals surface area contributed by atoms with E-state index in [2.05, 4.69) is 9.68 Å². The smallest absolute Gasteiger partial charge is 0.182 e. The molecule has 0 radical (unpaired) electrons. The van der Waals surface area contributed by atoms with Crippen LogP contribution in [0.2, 0.25) is 0 Å². The van der Waals surface area contributed by atoms with Crippen LogP contribution in [0.3, 0.4) is 0 Å². The Morgan fingerprint density at radius 3 is 2.57 bits per heavy atom. The van der Waals surface area contributed by atoms with Crippen LogP contribution in [0.25, 0.3) is 11.3 Å². The Morgan fingerprint density at radius 2 is 2.00 bits per heavy atom. The quantitative estimate of drug-likeness (QED) is 0.695. The zero-order valence-electron chi connectivity index (χ0n) is 7.14.